The lowest BCUT2D eigenvalue weighted by Gasteiger charge is -1.97. The van der Waals surface area contributed by atoms with Gasteiger partial charge in [0.15, 0.2) is 5.06 Å². The summed E-state index contributed by atoms with van der Waals surface area (Å²) < 4.78 is 4.91. The van der Waals surface area contributed by atoms with Crippen LogP contribution < -0.4 is 4.74 Å². The summed E-state index contributed by atoms with van der Waals surface area (Å²) in [7, 11) is 0. The maximum absolute atomic E-state index is 12.0. The van der Waals surface area contributed by atoms with Crippen molar-refractivity contribution in [3.05, 3.63) is 52.9 Å². The van der Waals surface area contributed by atoms with Crippen LogP contribution in [0.4, 0.5) is 0 Å². The normalized spacial score (nSPS) is 9.39. The van der Waals surface area contributed by atoms with E-state index < -0.39 is 0 Å². The average Bonchev–Trinajstić information content (AvgIpc) is 2.77. The molecule has 1 heterocycles. The highest BCUT2D eigenvalue weighted by Crippen LogP contribution is 2.26. The van der Waals surface area contributed by atoms with Crippen molar-refractivity contribution in [3.63, 3.8) is 0 Å². The molecule has 4 heteroatoms. The quantitative estimate of drug-likeness (QED) is 0.627. The highest BCUT2D eigenvalue weighted by molar-refractivity contribution is 7.16. The van der Waals surface area contributed by atoms with Crippen molar-refractivity contribution in [2.45, 2.75) is 14.4 Å². The Hall–Kier alpha value is -1.94. The van der Waals surface area contributed by atoms with E-state index in [0.29, 0.717) is 15.5 Å². The zero-order valence-corrected chi connectivity index (χ0v) is 9.99. The van der Waals surface area contributed by atoms with Gasteiger partial charge >= 0.3 is 5.97 Å². The van der Waals surface area contributed by atoms with Crippen LogP contribution in [0.15, 0.2) is 42.5 Å². The molecule has 1 aromatic heterocycles. The van der Waals surface area contributed by atoms with Gasteiger partial charge in [0.2, 0.25) is 5.78 Å². The van der Waals surface area contributed by atoms with Gasteiger partial charge in [-0.25, -0.2) is 0 Å². The molecule has 0 atom stereocenters. The van der Waals surface area contributed by atoms with Crippen molar-refractivity contribution in [3.8, 4) is 5.06 Å². The van der Waals surface area contributed by atoms with Crippen molar-refractivity contribution in [2.75, 3.05) is 0 Å². The van der Waals surface area contributed by atoms with Crippen LogP contribution in [0, 0.1) is 0 Å². The molecule has 0 saturated heterocycles. The van der Waals surface area contributed by atoms with Gasteiger partial charge in [-0.1, -0.05) is 49.1 Å². The summed E-state index contributed by atoms with van der Waals surface area (Å²) in [4.78, 5) is 23.3. The number of esters is 1. The summed E-state index contributed by atoms with van der Waals surface area (Å²) in [6.45, 7) is 1.33. The topological polar surface area (TPSA) is 43.4 Å². The Labute approximate surface area is 110 Å². The van der Waals surface area contributed by atoms with Gasteiger partial charge in [-0.05, 0) is 12.1 Å². The molecule has 0 saturated carbocycles. The summed E-state index contributed by atoms with van der Waals surface area (Å²) in [6, 6.07) is 12.3. The van der Waals surface area contributed by atoms with Crippen molar-refractivity contribution < 1.29 is 14.3 Å². The molecule has 2 aromatic rings. The number of hydrogen-bond acceptors (Lipinski definition) is 4. The predicted molar refractivity (Wildman–Crippen MR) is 72.2 cm³/mol. The fourth-order valence-electron chi connectivity index (χ4n) is 1.37. The summed E-state index contributed by atoms with van der Waals surface area (Å²) in [5.74, 6) is -0.445. The molecule has 0 aliphatic heterocycles. The van der Waals surface area contributed by atoms with E-state index in [1.807, 2.05) is 18.2 Å². The Morgan fingerprint density at radius 3 is 2.33 bits per heavy atom. The molecule has 18 heavy (non-hydrogen) atoms. The SMILES string of the molecule is C.CC(=O)Oc1ccc(C(=O)c2ccccc2)s1. The third-order valence-corrected chi connectivity index (χ3v) is 3.05. The van der Waals surface area contributed by atoms with Crippen LogP contribution in [0.5, 0.6) is 5.06 Å². The number of thiophene rings is 1. The minimum Gasteiger partial charge on any atom is -0.416 e. The number of hydrogen-bond donors (Lipinski definition) is 0. The molecule has 0 unspecified atom stereocenters. The molecule has 1 aromatic carbocycles. The molecular weight excluding hydrogens is 248 g/mol. The predicted octanol–water partition coefficient (Wildman–Crippen LogP) is 3.54. The molecule has 0 radical (unpaired) electrons. The number of ether oxygens (including phenoxy) is 1. The van der Waals surface area contributed by atoms with Gasteiger partial charge in [0.1, 0.15) is 0 Å². The van der Waals surface area contributed by atoms with Crippen LogP contribution >= 0.6 is 11.3 Å². The maximum Gasteiger partial charge on any atom is 0.308 e. The number of rotatable bonds is 3. The molecule has 0 aliphatic rings. The van der Waals surface area contributed by atoms with Crippen LogP contribution in [-0.4, -0.2) is 11.8 Å². The second-order valence-electron chi connectivity index (χ2n) is 3.41. The van der Waals surface area contributed by atoms with Crippen LogP contribution in [0.3, 0.4) is 0 Å². The molecule has 0 fully saturated rings. The first-order valence-electron chi connectivity index (χ1n) is 5.05. The minimum atomic E-state index is -0.384. The molecular formula is C14H14O3S. The fraction of sp³-hybridized carbons (Fsp3) is 0.143. The van der Waals surface area contributed by atoms with Crippen LogP contribution in [0.2, 0.25) is 0 Å². The summed E-state index contributed by atoms with van der Waals surface area (Å²) in [5.41, 5.74) is 0.628. The van der Waals surface area contributed by atoms with Gasteiger partial charge in [0.05, 0.1) is 4.88 Å². The molecule has 0 N–H and O–H groups in total. The minimum absolute atomic E-state index is 0. The van der Waals surface area contributed by atoms with Crippen molar-refractivity contribution in [1.29, 1.82) is 0 Å². The third kappa shape index (κ3) is 3.28. The van der Waals surface area contributed by atoms with Crippen molar-refractivity contribution in [1.82, 2.24) is 0 Å². The largest absolute Gasteiger partial charge is 0.416 e. The highest BCUT2D eigenvalue weighted by Gasteiger charge is 2.12. The molecule has 94 valence electrons. The Morgan fingerprint density at radius 2 is 1.72 bits per heavy atom. The molecule has 0 bridgehead atoms. The summed E-state index contributed by atoms with van der Waals surface area (Å²) in [5, 5.41) is 0.441. The van der Waals surface area contributed by atoms with E-state index in [1.165, 1.54) is 18.3 Å². The zero-order valence-electron chi connectivity index (χ0n) is 9.17. The zero-order chi connectivity index (χ0) is 12.3. The van der Waals surface area contributed by atoms with Gasteiger partial charge in [-0.2, -0.15) is 0 Å². The number of carbonyl (C=O) groups is 2. The van der Waals surface area contributed by atoms with E-state index in [9.17, 15) is 9.59 Å². The van der Waals surface area contributed by atoms with Crippen LogP contribution in [-0.2, 0) is 4.79 Å². The van der Waals surface area contributed by atoms with Crippen molar-refractivity contribution in [2.24, 2.45) is 0 Å². The lowest BCUT2D eigenvalue weighted by Crippen LogP contribution is -1.99. The maximum atomic E-state index is 12.0. The smallest absolute Gasteiger partial charge is 0.308 e. The third-order valence-electron chi connectivity index (χ3n) is 2.09. The Balaban J connectivity index is 0.00000162. The molecule has 0 amide bonds. The second kappa shape index (κ2) is 6.12. The second-order valence-corrected chi connectivity index (χ2v) is 4.45. The van der Waals surface area contributed by atoms with E-state index in [-0.39, 0.29) is 19.2 Å². The standard InChI is InChI=1S/C13H10O3S.CH4/c1-9(14)16-12-8-7-11(17-12)13(15)10-5-3-2-4-6-10;/h2-8H,1H3;1H4. The van der Waals surface area contributed by atoms with Gasteiger partial charge in [0.25, 0.3) is 0 Å². The lowest BCUT2D eigenvalue weighted by atomic mass is 10.1. The molecule has 0 aliphatic carbocycles. The van der Waals surface area contributed by atoms with E-state index in [2.05, 4.69) is 0 Å². The highest BCUT2D eigenvalue weighted by atomic mass is 32.1. The Morgan fingerprint density at radius 1 is 1.06 bits per heavy atom. The van der Waals surface area contributed by atoms with Crippen molar-refractivity contribution >= 4 is 23.1 Å². The lowest BCUT2D eigenvalue weighted by molar-refractivity contribution is -0.131. The Kier molecular flexibility index (Phi) is 4.80. The van der Waals surface area contributed by atoms with E-state index in [1.54, 1.807) is 24.3 Å². The first kappa shape index (κ1) is 14.1. The monoisotopic (exact) mass is 262 g/mol. The summed E-state index contributed by atoms with van der Waals surface area (Å²) >= 11 is 1.17. The first-order chi connectivity index (χ1) is 8.16. The van der Waals surface area contributed by atoms with Crippen LogP contribution in [0.1, 0.15) is 29.6 Å². The van der Waals surface area contributed by atoms with Gasteiger partial charge < -0.3 is 4.74 Å². The number of benzene rings is 1. The first-order valence-corrected chi connectivity index (χ1v) is 5.86. The van der Waals surface area contributed by atoms with Crippen LogP contribution in [0.25, 0.3) is 0 Å². The molecule has 3 nitrogen and oxygen atoms in total. The van der Waals surface area contributed by atoms with Gasteiger partial charge in [-0.3, -0.25) is 9.59 Å². The number of carbonyl (C=O) groups excluding carboxylic acids is 2. The average molecular weight is 262 g/mol. The Bertz CT molecular complexity index is 543. The van der Waals surface area contributed by atoms with E-state index in [4.69, 9.17) is 4.74 Å². The van der Waals surface area contributed by atoms with Gasteiger partial charge in [0, 0.05) is 12.5 Å². The molecule has 0 spiro atoms. The molecule has 2 rings (SSSR count). The van der Waals surface area contributed by atoms with E-state index in [0.717, 1.165) is 0 Å². The fourth-order valence-corrected chi connectivity index (χ4v) is 2.23. The number of ketones is 1. The van der Waals surface area contributed by atoms with Gasteiger partial charge in [-0.15, -0.1) is 0 Å². The van der Waals surface area contributed by atoms with E-state index >= 15 is 0 Å². The summed E-state index contributed by atoms with van der Waals surface area (Å²) in [6.07, 6.45) is 0.